The average molecular weight is 285 g/mol. The van der Waals surface area contributed by atoms with Gasteiger partial charge in [-0.15, -0.1) is 11.8 Å². The van der Waals surface area contributed by atoms with E-state index in [2.05, 4.69) is 0 Å². The first-order chi connectivity index (χ1) is 9.04. The summed E-state index contributed by atoms with van der Waals surface area (Å²) in [5.74, 6) is 0.587. The van der Waals surface area contributed by atoms with E-state index in [9.17, 15) is 5.11 Å². The molecule has 2 atom stereocenters. The van der Waals surface area contributed by atoms with Gasteiger partial charge in [-0.1, -0.05) is 6.07 Å². The molecule has 4 nitrogen and oxygen atoms in total. The van der Waals surface area contributed by atoms with Crippen LogP contribution in [0, 0.1) is 6.92 Å². The van der Waals surface area contributed by atoms with Crippen LogP contribution in [-0.2, 0) is 9.47 Å². The van der Waals surface area contributed by atoms with Crippen LogP contribution in [0.1, 0.15) is 12.5 Å². The molecule has 3 N–H and O–H groups in total. The highest BCUT2D eigenvalue weighted by atomic mass is 32.2. The van der Waals surface area contributed by atoms with Crippen LogP contribution in [-0.4, -0.2) is 43.4 Å². The number of benzene rings is 1. The third-order valence-corrected chi connectivity index (χ3v) is 4.04. The number of thioether (sulfide) groups is 1. The Labute approximate surface area is 119 Å². The van der Waals surface area contributed by atoms with Gasteiger partial charge in [0.2, 0.25) is 0 Å². The molecule has 0 spiro atoms. The topological polar surface area (TPSA) is 64.7 Å². The molecule has 2 unspecified atom stereocenters. The van der Waals surface area contributed by atoms with Gasteiger partial charge in [-0.3, -0.25) is 0 Å². The Morgan fingerprint density at radius 2 is 2.11 bits per heavy atom. The third kappa shape index (κ3) is 5.82. The molecule has 1 aromatic rings. The van der Waals surface area contributed by atoms with Crippen molar-refractivity contribution in [2.45, 2.75) is 31.0 Å². The Morgan fingerprint density at radius 3 is 2.79 bits per heavy atom. The molecular weight excluding hydrogens is 262 g/mol. The number of nitrogen functional groups attached to an aromatic ring is 1. The van der Waals surface area contributed by atoms with E-state index in [4.69, 9.17) is 15.2 Å². The lowest BCUT2D eigenvalue weighted by molar-refractivity contribution is -0.0257. The lowest BCUT2D eigenvalue weighted by atomic mass is 10.2. The van der Waals surface area contributed by atoms with E-state index in [0.717, 1.165) is 16.1 Å². The first-order valence-electron chi connectivity index (χ1n) is 6.31. The van der Waals surface area contributed by atoms with Gasteiger partial charge in [0, 0.05) is 23.4 Å². The summed E-state index contributed by atoms with van der Waals surface area (Å²) in [6, 6.07) is 5.82. The van der Waals surface area contributed by atoms with Gasteiger partial charge in [0.15, 0.2) is 0 Å². The highest BCUT2D eigenvalue weighted by molar-refractivity contribution is 7.99. The standard InChI is InChI=1S/C14H23NO3S/c1-10(7-17-3)18-8-12(16)9-19-14-6-4-5-13(15)11(14)2/h4-6,10,12,16H,7-9,15H2,1-3H3. The van der Waals surface area contributed by atoms with Gasteiger partial charge in [-0.25, -0.2) is 0 Å². The van der Waals surface area contributed by atoms with Crippen LogP contribution in [0.3, 0.4) is 0 Å². The van der Waals surface area contributed by atoms with Gasteiger partial charge in [-0.2, -0.15) is 0 Å². The second kappa shape index (κ2) is 8.43. The minimum atomic E-state index is -0.495. The maximum absolute atomic E-state index is 9.87. The fraction of sp³-hybridized carbons (Fsp3) is 0.571. The molecule has 0 saturated carbocycles. The summed E-state index contributed by atoms with van der Waals surface area (Å²) in [4.78, 5) is 1.10. The van der Waals surface area contributed by atoms with Crippen LogP contribution in [0.15, 0.2) is 23.1 Å². The molecule has 5 heteroatoms. The molecule has 0 aromatic heterocycles. The van der Waals surface area contributed by atoms with Gasteiger partial charge in [0.1, 0.15) is 0 Å². The van der Waals surface area contributed by atoms with Crippen molar-refractivity contribution in [2.24, 2.45) is 0 Å². The molecule has 1 aromatic carbocycles. The molecule has 108 valence electrons. The predicted octanol–water partition coefficient (Wildman–Crippen LogP) is 2.08. The van der Waals surface area contributed by atoms with E-state index in [1.54, 1.807) is 18.9 Å². The second-order valence-electron chi connectivity index (χ2n) is 4.53. The molecule has 0 aliphatic rings. The van der Waals surface area contributed by atoms with Crippen LogP contribution < -0.4 is 5.73 Å². The number of nitrogens with two attached hydrogens (primary N) is 1. The number of anilines is 1. The van der Waals surface area contributed by atoms with E-state index in [1.807, 2.05) is 32.0 Å². The van der Waals surface area contributed by atoms with Gasteiger partial charge in [0.05, 0.1) is 25.4 Å². The van der Waals surface area contributed by atoms with Crippen molar-refractivity contribution < 1.29 is 14.6 Å². The largest absolute Gasteiger partial charge is 0.398 e. The summed E-state index contributed by atoms with van der Waals surface area (Å²) >= 11 is 1.59. The molecule has 0 bridgehead atoms. The van der Waals surface area contributed by atoms with Crippen LogP contribution in [0.2, 0.25) is 0 Å². The highest BCUT2D eigenvalue weighted by Gasteiger charge is 2.10. The Hall–Kier alpha value is -0.750. The zero-order valence-corrected chi connectivity index (χ0v) is 12.6. The van der Waals surface area contributed by atoms with Crippen molar-refractivity contribution in [3.05, 3.63) is 23.8 Å². The van der Waals surface area contributed by atoms with Gasteiger partial charge in [0.25, 0.3) is 0 Å². The summed E-state index contributed by atoms with van der Waals surface area (Å²) in [5.41, 5.74) is 7.69. The number of aliphatic hydroxyl groups excluding tert-OH is 1. The van der Waals surface area contributed by atoms with Crippen molar-refractivity contribution in [3.63, 3.8) is 0 Å². The van der Waals surface area contributed by atoms with E-state index in [0.29, 0.717) is 19.0 Å². The van der Waals surface area contributed by atoms with Crippen molar-refractivity contribution in [3.8, 4) is 0 Å². The number of hydrogen-bond donors (Lipinski definition) is 2. The van der Waals surface area contributed by atoms with Crippen molar-refractivity contribution >= 4 is 17.4 Å². The summed E-state index contributed by atoms with van der Waals surface area (Å²) < 4.78 is 10.4. The highest BCUT2D eigenvalue weighted by Crippen LogP contribution is 2.26. The van der Waals surface area contributed by atoms with Crippen LogP contribution in [0.4, 0.5) is 5.69 Å². The lowest BCUT2D eigenvalue weighted by Gasteiger charge is -2.16. The quantitative estimate of drug-likeness (QED) is 0.565. The molecule has 0 amide bonds. The average Bonchev–Trinajstić information content (AvgIpc) is 2.38. The van der Waals surface area contributed by atoms with E-state index < -0.39 is 6.10 Å². The van der Waals surface area contributed by atoms with E-state index in [1.165, 1.54) is 0 Å². The fourth-order valence-corrected chi connectivity index (χ4v) is 2.56. The first kappa shape index (κ1) is 16.3. The molecule has 0 radical (unpaired) electrons. The normalized spacial score (nSPS) is 14.3. The summed E-state index contributed by atoms with van der Waals surface area (Å²) in [5, 5.41) is 9.87. The van der Waals surface area contributed by atoms with E-state index in [-0.39, 0.29) is 6.10 Å². The molecule has 0 heterocycles. The molecule has 0 fully saturated rings. The van der Waals surface area contributed by atoms with E-state index >= 15 is 0 Å². The van der Waals surface area contributed by atoms with Gasteiger partial charge in [-0.05, 0) is 31.5 Å². The number of ether oxygens (including phenoxy) is 2. The minimum absolute atomic E-state index is 0.00115. The smallest absolute Gasteiger partial charge is 0.0867 e. The zero-order valence-electron chi connectivity index (χ0n) is 11.8. The predicted molar refractivity (Wildman–Crippen MR) is 79.6 cm³/mol. The Bertz CT molecular complexity index is 387. The number of hydrogen-bond acceptors (Lipinski definition) is 5. The summed E-state index contributed by atoms with van der Waals surface area (Å²) in [6.07, 6.45) is -0.496. The molecular formula is C14H23NO3S. The Morgan fingerprint density at radius 1 is 1.37 bits per heavy atom. The summed E-state index contributed by atoms with van der Waals surface area (Å²) in [7, 11) is 1.63. The van der Waals surface area contributed by atoms with Crippen molar-refractivity contribution in [1.29, 1.82) is 0 Å². The zero-order chi connectivity index (χ0) is 14.3. The molecule has 19 heavy (non-hydrogen) atoms. The van der Waals surface area contributed by atoms with Gasteiger partial charge >= 0.3 is 0 Å². The monoisotopic (exact) mass is 285 g/mol. The molecule has 0 aliphatic heterocycles. The number of rotatable bonds is 8. The van der Waals surface area contributed by atoms with Gasteiger partial charge < -0.3 is 20.3 Å². The van der Waals surface area contributed by atoms with Crippen LogP contribution in [0.5, 0.6) is 0 Å². The summed E-state index contributed by atoms with van der Waals surface area (Å²) in [6.45, 7) is 4.76. The second-order valence-corrected chi connectivity index (χ2v) is 5.60. The number of aliphatic hydroxyl groups is 1. The minimum Gasteiger partial charge on any atom is -0.398 e. The number of methoxy groups -OCH3 is 1. The van der Waals surface area contributed by atoms with Crippen molar-refractivity contribution in [2.75, 3.05) is 31.8 Å². The lowest BCUT2D eigenvalue weighted by Crippen LogP contribution is -2.24. The Kier molecular flexibility index (Phi) is 7.23. The van der Waals surface area contributed by atoms with Crippen LogP contribution >= 0.6 is 11.8 Å². The SMILES string of the molecule is COCC(C)OCC(O)CSc1cccc(N)c1C. The molecule has 1 rings (SSSR count). The molecule has 0 saturated heterocycles. The van der Waals surface area contributed by atoms with Crippen molar-refractivity contribution in [1.82, 2.24) is 0 Å². The fourth-order valence-electron chi connectivity index (χ4n) is 1.58. The Balaban J connectivity index is 2.33. The van der Waals surface area contributed by atoms with Crippen LogP contribution in [0.25, 0.3) is 0 Å². The molecule has 0 aliphatic carbocycles. The first-order valence-corrected chi connectivity index (χ1v) is 7.29. The maximum Gasteiger partial charge on any atom is 0.0867 e. The third-order valence-electron chi connectivity index (χ3n) is 2.73. The maximum atomic E-state index is 9.87.